The zero-order valence-corrected chi connectivity index (χ0v) is 7.77. The Morgan fingerprint density at radius 3 is 2.29 bits per heavy atom. The second-order valence-corrected chi connectivity index (χ2v) is 2.61. The van der Waals surface area contributed by atoms with Crippen LogP contribution < -0.4 is 5.73 Å². The van der Waals surface area contributed by atoms with E-state index in [1.54, 1.807) is 0 Å². The van der Waals surface area contributed by atoms with E-state index in [-0.39, 0.29) is 23.7 Å². The first-order valence-electron chi connectivity index (χ1n) is 3.52. The molecule has 0 saturated carbocycles. The van der Waals surface area contributed by atoms with Crippen molar-refractivity contribution in [1.29, 1.82) is 0 Å². The van der Waals surface area contributed by atoms with E-state index in [9.17, 15) is 13.2 Å². The molecule has 0 aromatic heterocycles. The SMILES string of the molecule is Cl.N[C@H](c1cccc(O)c1)C(F)(F)F. The van der Waals surface area contributed by atoms with Crippen LogP contribution in [0.15, 0.2) is 24.3 Å². The molecule has 0 spiro atoms. The minimum atomic E-state index is -4.48. The van der Waals surface area contributed by atoms with Crippen molar-refractivity contribution in [3.63, 3.8) is 0 Å². The first-order chi connectivity index (χ1) is 5.91. The summed E-state index contributed by atoms with van der Waals surface area (Å²) in [5.74, 6) is -0.225. The van der Waals surface area contributed by atoms with Crippen molar-refractivity contribution in [2.45, 2.75) is 12.2 Å². The molecular formula is C8H9ClF3NO. The Kier molecular flexibility index (Phi) is 4.22. The zero-order valence-electron chi connectivity index (χ0n) is 6.95. The molecule has 2 nitrogen and oxygen atoms in total. The maximum atomic E-state index is 12.1. The fraction of sp³-hybridized carbons (Fsp3) is 0.250. The monoisotopic (exact) mass is 227 g/mol. The van der Waals surface area contributed by atoms with Crippen molar-refractivity contribution in [3.8, 4) is 5.75 Å². The lowest BCUT2D eigenvalue weighted by Gasteiger charge is -2.15. The predicted octanol–water partition coefficient (Wildman–Crippen LogP) is 2.38. The highest BCUT2D eigenvalue weighted by molar-refractivity contribution is 5.85. The predicted molar refractivity (Wildman–Crippen MR) is 48.3 cm³/mol. The summed E-state index contributed by atoms with van der Waals surface area (Å²) >= 11 is 0. The lowest BCUT2D eigenvalue weighted by Crippen LogP contribution is -2.28. The molecule has 80 valence electrons. The highest BCUT2D eigenvalue weighted by Crippen LogP contribution is 2.31. The summed E-state index contributed by atoms with van der Waals surface area (Å²) in [5.41, 5.74) is 4.76. The number of phenols is 1. The Hall–Kier alpha value is -0.940. The minimum absolute atomic E-state index is 0. The van der Waals surface area contributed by atoms with Gasteiger partial charge in [-0.1, -0.05) is 12.1 Å². The van der Waals surface area contributed by atoms with Gasteiger partial charge in [-0.25, -0.2) is 0 Å². The number of aromatic hydroxyl groups is 1. The minimum Gasteiger partial charge on any atom is -0.508 e. The van der Waals surface area contributed by atoms with Crippen molar-refractivity contribution in [2.24, 2.45) is 5.73 Å². The van der Waals surface area contributed by atoms with Gasteiger partial charge in [-0.2, -0.15) is 13.2 Å². The van der Waals surface area contributed by atoms with Crippen LogP contribution >= 0.6 is 12.4 Å². The topological polar surface area (TPSA) is 46.2 Å². The number of hydrogen-bond acceptors (Lipinski definition) is 2. The van der Waals surface area contributed by atoms with Gasteiger partial charge >= 0.3 is 6.18 Å². The average molecular weight is 228 g/mol. The van der Waals surface area contributed by atoms with Gasteiger partial charge in [-0.15, -0.1) is 12.4 Å². The maximum Gasteiger partial charge on any atom is 0.407 e. The molecule has 0 fully saturated rings. The molecule has 0 aliphatic heterocycles. The number of halogens is 4. The maximum absolute atomic E-state index is 12.1. The van der Waals surface area contributed by atoms with Crippen LogP contribution in [0.25, 0.3) is 0 Å². The third-order valence-corrected chi connectivity index (χ3v) is 1.58. The highest BCUT2D eigenvalue weighted by atomic mass is 35.5. The number of nitrogens with two attached hydrogens (primary N) is 1. The van der Waals surface area contributed by atoms with Gasteiger partial charge < -0.3 is 10.8 Å². The van der Waals surface area contributed by atoms with Crippen molar-refractivity contribution >= 4 is 12.4 Å². The Labute approximate surface area is 84.9 Å². The van der Waals surface area contributed by atoms with E-state index >= 15 is 0 Å². The number of rotatable bonds is 1. The van der Waals surface area contributed by atoms with Crippen LogP contribution in [0, 0.1) is 0 Å². The fourth-order valence-corrected chi connectivity index (χ4v) is 0.907. The third kappa shape index (κ3) is 3.08. The van der Waals surface area contributed by atoms with Gasteiger partial charge in [0.1, 0.15) is 11.8 Å². The number of hydrogen-bond donors (Lipinski definition) is 2. The average Bonchev–Trinajstić information content (AvgIpc) is 2.01. The van der Waals surface area contributed by atoms with Gasteiger partial charge in [0.15, 0.2) is 0 Å². The molecule has 0 saturated heterocycles. The molecule has 1 aromatic rings. The van der Waals surface area contributed by atoms with E-state index in [1.165, 1.54) is 18.2 Å². The lowest BCUT2D eigenvalue weighted by molar-refractivity contribution is -0.149. The second kappa shape index (κ2) is 4.52. The van der Waals surface area contributed by atoms with E-state index in [1.807, 2.05) is 0 Å². The molecule has 0 unspecified atom stereocenters. The molecule has 6 heteroatoms. The quantitative estimate of drug-likeness (QED) is 0.774. The zero-order chi connectivity index (χ0) is 10.1. The van der Waals surface area contributed by atoms with Crippen molar-refractivity contribution in [2.75, 3.05) is 0 Å². The Bertz CT molecular complexity index is 303. The molecule has 0 amide bonds. The summed E-state index contributed by atoms with van der Waals surface area (Å²) < 4.78 is 36.2. The molecule has 0 heterocycles. The van der Waals surface area contributed by atoms with Crippen LogP contribution in [-0.4, -0.2) is 11.3 Å². The Morgan fingerprint density at radius 2 is 1.86 bits per heavy atom. The third-order valence-electron chi connectivity index (χ3n) is 1.58. The molecule has 1 rings (SSSR count). The molecule has 0 aliphatic carbocycles. The Balaban J connectivity index is 0.00000169. The van der Waals surface area contributed by atoms with E-state index in [2.05, 4.69) is 0 Å². The van der Waals surface area contributed by atoms with Crippen LogP contribution in [0.3, 0.4) is 0 Å². The second-order valence-electron chi connectivity index (χ2n) is 2.61. The molecule has 3 N–H and O–H groups in total. The number of phenolic OH excluding ortho intramolecular Hbond substituents is 1. The largest absolute Gasteiger partial charge is 0.508 e. The summed E-state index contributed by atoms with van der Waals surface area (Å²) in [6, 6.07) is 2.78. The van der Waals surface area contributed by atoms with E-state index < -0.39 is 12.2 Å². The number of benzene rings is 1. The molecule has 1 aromatic carbocycles. The van der Waals surface area contributed by atoms with Crippen molar-refractivity contribution in [1.82, 2.24) is 0 Å². The molecule has 0 aliphatic rings. The summed E-state index contributed by atoms with van der Waals surface area (Å²) in [7, 11) is 0. The van der Waals surface area contributed by atoms with Crippen LogP contribution in [0.2, 0.25) is 0 Å². The van der Waals surface area contributed by atoms with Gasteiger partial charge in [0.2, 0.25) is 0 Å². The van der Waals surface area contributed by atoms with E-state index in [0.29, 0.717) is 0 Å². The van der Waals surface area contributed by atoms with Crippen molar-refractivity contribution < 1.29 is 18.3 Å². The molecular weight excluding hydrogens is 219 g/mol. The summed E-state index contributed by atoms with van der Waals surface area (Å²) in [6.07, 6.45) is -4.48. The normalized spacial score (nSPS) is 13.1. The van der Waals surface area contributed by atoms with Gasteiger partial charge in [0.25, 0.3) is 0 Å². The first kappa shape index (κ1) is 13.1. The summed E-state index contributed by atoms with van der Waals surface area (Å²) in [5, 5.41) is 8.90. The molecule has 1 atom stereocenters. The van der Waals surface area contributed by atoms with E-state index in [4.69, 9.17) is 10.8 Å². The molecule has 0 radical (unpaired) electrons. The van der Waals surface area contributed by atoms with Crippen LogP contribution in [-0.2, 0) is 0 Å². The Morgan fingerprint density at radius 1 is 1.29 bits per heavy atom. The van der Waals surface area contributed by atoms with Crippen molar-refractivity contribution in [3.05, 3.63) is 29.8 Å². The first-order valence-corrected chi connectivity index (χ1v) is 3.52. The smallest absolute Gasteiger partial charge is 0.407 e. The number of alkyl halides is 3. The van der Waals surface area contributed by atoms with Gasteiger partial charge in [-0.3, -0.25) is 0 Å². The van der Waals surface area contributed by atoms with Crippen LogP contribution in [0.4, 0.5) is 13.2 Å². The molecule has 0 bridgehead atoms. The summed E-state index contributed by atoms with van der Waals surface area (Å²) in [4.78, 5) is 0. The lowest BCUT2D eigenvalue weighted by atomic mass is 10.1. The van der Waals surface area contributed by atoms with Crippen LogP contribution in [0.5, 0.6) is 5.75 Å². The standard InChI is InChI=1S/C8H8F3NO.ClH/c9-8(10,11)7(12)5-2-1-3-6(13)4-5;/h1-4,7,13H,12H2;1H/t7-;/m1./s1. The van der Waals surface area contributed by atoms with Crippen LogP contribution in [0.1, 0.15) is 11.6 Å². The fourth-order valence-electron chi connectivity index (χ4n) is 0.907. The van der Waals surface area contributed by atoms with E-state index in [0.717, 1.165) is 6.07 Å². The summed E-state index contributed by atoms with van der Waals surface area (Å²) in [6.45, 7) is 0. The highest BCUT2D eigenvalue weighted by Gasteiger charge is 2.37. The van der Waals surface area contributed by atoms with Gasteiger partial charge in [0, 0.05) is 0 Å². The van der Waals surface area contributed by atoms with Gasteiger partial charge in [0.05, 0.1) is 0 Å². The van der Waals surface area contributed by atoms with Gasteiger partial charge in [-0.05, 0) is 17.7 Å². The molecule has 14 heavy (non-hydrogen) atoms.